The van der Waals surface area contributed by atoms with Crippen LogP contribution in [0.2, 0.25) is 18.1 Å². The average Bonchev–Trinajstić information content (AvgIpc) is 2.59. The van der Waals surface area contributed by atoms with Crippen molar-refractivity contribution in [3.63, 3.8) is 0 Å². The summed E-state index contributed by atoms with van der Waals surface area (Å²) in [5.41, 5.74) is 1.69. The van der Waals surface area contributed by atoms with Crippen molar-refractivity contribution in [1.29, 1.82) is 0 Å². The second-order valence-corrected chi connectivity index (χ2v) is 13.5. The summed E-state index contributed by atoms with van der Waals surface area (Å²) in [6.07, 6.45) is -0.665. The summed E-state index contributed by atoms with van der Waals surface area (Å²) in [6, 6.07) is 15.3. The van der Waals surface area contributed by atoms with Gasteiger partial charge in [-0.2, -0.15) is 0 Å². The third-order valence-electron chi connectivity index (χ3n) is 4.92. The van der Waals surface area contributed by atoms with E-state index in [4.69, 9.17) is 9.16 Å². The predicted molar refractivity (Wildman–Crippen MR) is 114 cm³/mol. The lowest BCUT2D eigenvalue weighted by Gasteiger charge is -2.36. The first-order valence-electron chi connectivity index (χ1n) is 8.90. The zero-order chi connectivity index (χ0) is 19.4. The Bertz CT molecular complexity index is 691. The standard InChI is InChI=1S/C21H29BrO3Si/c1-21(2,3)26(4,5)25-19-12-8-17(9-13-19)20(23)16-6-10-18(11-7-16)24-15-14-22/h6-13,20,23H,14-15H2,1-5H3. The SMILES string of the molecule is CC(C)(C)[Si](C)(C)Oc1ccc(C(O)c2ccc(OCCBr)cc2)cc1. The minimum atomic E-state index is -1.85. The van der Waals surface area contributed by atoms with Gasteiger partial charge in [0.2, 0.25) is 8.32 Å². The van der Waals surface area contributed by atoms with E-state index in [1.807, 2.05) is 48.5 Å². The van der Waals surface area contributed by atoms with E-state index < -0.39 is 14.4 Å². The second kappa shape index (κ2) is 8.59. The molecule has 1 atom stereocenters. The van der Waals surface area contributed by atoms with Crippen molar-refractivity contribution in [2.75, 3.05) is 11.9 Å². The summed E-state index contributed by atoms with van der Waals surface area (Å²) >= 11 is 3.34. The first-order chi connectivity index (χ1) is 12.1. The van der Waals surface area contributed by atoms with Crippen LogP contribution in [-0.2, 0) is 0 Å². The molecule has 0 amide bonds. The minimum Gasteiger partial charge on any atom is -0.544 e. The highest BCUT2D eigenvalue weighted by atomic mass is 79.9. The van der Waals surface area contributed by atoms with Gasteiger partial charge in [0.05, 0.1) is 6.61 Å². The Labute approximate surface area is 166 Å². The van der Waals surface area contributed by atoms with Gasteiger partial charge in [-0.15, -0.1) is 0 Å². The first kappa shape index (κ1) is 21.0. The van der Waals surface area contributed by atoms with Gasteiger partial charge < -0.3 is 14.3 Å². The van der Waals surface area contributed by atoms with E-state index in [0.717, 1.165) is 28.0 Å². The van der Waals surface area contributed by atoms with Crippen molar-refractivity contribution in [3.05, 3.63) is 59.7 Å². The van der Waals surface area contributed by atoms with Crippen molar-refractivity contribution in [2.45, 2.75) is 45.0 Å². The van der Waals surface area contributed by atoms with E-state index >= 15 is 0 Å². The molecule has 1 N–H and O–H groups in total. The fraction of sp³-hybridized carbons (Fsp3) is 0.429. The van der Waals surface area contributed by atoms with Crippen molar-refractivity contribution in [1.82, 2.24) is 0 Å². The largest absolute Gasteiger partial charge is 0.544 e. The van der Waals surface area contributed by atoms with Crippen LogP contribution in [0.1, 0.15) is 38.0 Å². The van der Waals surface area contributed by atoms with E-state index in [9.17, 15) is 5.11 Å². The molecule has 0 saturated carbocycles. The van der Waals surface area contributed by atoms with Gasteiger partial charge in [-0.1, -0.05) is 61.0 Å². The normalized spacial score (nSPS) is 13.3. The van der Waals surface area contributed by atoms with Gasteiger partial charge in [0.15, 0.2) is 0 Å². The van der Waals surface area contributed by atoms with Crippen LogP contribution in [0.5, 0.6) is 11.5 Å². The van der Waals surface area contributed by atoms with Crippen LogP contribution >= 0.6 is 15.9 Å². The molecule has 0 bridgehead atoms. The molecule has 142 valence electrons. The summed E-state index contributed by atoms with van der Waals surface area (Å²) in [6.45, 7) is 11.8. The van der Waals surface area contributed by atoms with Gasteiger partial charge in [0.1, 0.15) is 17.6 Å². The zero-order valence-corrected chi connectivity index (χ0v) is 18.8. The summed E-state index contributed by atoms with van der Waals surface area (Å²) < 4.78 is 11.8. The van der Waals surface area contributed by atoms with Gasteiger partial charge in [0, 0.05) is 5.33 Å². The molecule has 0 aromatic heterocycles. The lowest BCUT2D eigenvalue weighted by molar-refractivity contribution is 0.220. The molecule has 26 heavy (non-hydrogen) atoms. The molecule has 0 radical (unpaired) electrons. The van der Waals surface area contributed by atoms with Crippen molar-refractivity contribution < 1.29 is 14.3 Å². The maximum atomic E-state index is 10.6. The smallest absolute Gasteiger partial charge is 0.250 e. The summed E-state index contributed by atoms with van der Waals surface area (Å²) in [5, 5.41) is 11.6. The van der Waals surface area contributed by atoms with Crippen LogP contribution in [0.15, 0.2) is 48.5 Å². The van der Waals surface area contributed by atoms with Crippen molar-refractivity contribution in [2.24, 2.45) is 0 Å². The Hall–Kier alpha value is -1.30. The van der Waals surface area contributed by atoms with Gasteiger partial charge >= 0.3 is 0 Å². The quantitative estimate of drug-likeness (QED) is 0.431. The molecule has 5 heteroatoms. The number of aliphatic hydroxyl groups excluding tert-OH is 1. The molecular formula is C21H29BrO3Si. The van der Waals surface area contributed by atoms with Crippen LogP contribution in [-0.4, -0.2) is 25.4 Å². The molecule has 2 aromatic rings. The number of aliphatic hydroxyl groups is 1. The van der Waals surface area contributed by atoms with Crippen LogP contribution < -0.4 is 9.16 Å². The average molecular weight is 437 g/mol. The van der Waals surface area contributed by atoms with Crippen molar-refractivity contribution >= 4 is 24.2 Å². The molecule has 0 saturated heterocycles. The third-order valence-corrected chi connectivity index (χ3v) is 9.60. The van der Waals surface area contributed by atoms with Crippen LogP contribution in [0.4, 0.5) is 0 Å². The molecule has 0 heterocycles. The first-order valence-corrected chi connectivity index (χ1v) is 12.9. The number of benzene rings is 2. The lowest BCUT2D eigenvalue weighted by Crippen LogP contribution is -2.43. The molecule has 1 unspecified atom stereocenters. The molecule has 0 spiro atoms. The maximum Gasteiger partial charge on any atom is 0.250 e. The number of alkyl halides is 1. The molecule has 0 aliphatic rings. The van der Waals surface area contributed by atoms with E-state index in [1.54, 1.807) is 0 Å². The molecule has 0 fully saturated rings. The highest BCUT2D eigenvalue weighted by Gasteiger charge is 2.38. The lowest BCUT2D eigenvalue weighted by atomic mass is 10.0. The molecule has 3 nitrogen and oxygen atoms in total. The monoisotopic (exact) mass is 436 g/mol. The van der Waals surface area contributed by atoms with Crippen LogP contribution in [0.25, 0.3) is 0 Å². The number of hydrogen-bond donors (Lipinski definition) is 1. The number of hydrogen-bond acceptors (Lipinski definition) is 3. The van der Waals surface area contributed by atoms with Gasteiger partial charge in [-0.05, 0) is 53.5 Å². The van der Waals surface area contributed by atoms with Crippen LogP contribution in [0.3, 0.4) is 0 Å². The summed E-state index contributed by atoms with van der Waals surface area (Å²) in [7, 11) is -1.85. The molecule has 0 aliphatic heterocycles. The zero-order valence-electron chi connectivity index (χ0n) is 16.3. The highest BCUT2D eigenvalue weighted by Crippen LogP contribution is 2.37. The Morgan fingerprint density at radius 1 is 0.923 bits per heavy atom. The number of halogens is 1. The Morgan fingerprint density at radius 2 is 1.38 bits per heavy atom. The predicted octanol–water partition coefficient (Wildman–Crippen LogP) is 5.93. The fourth-order valence-corrected chi connectivity index (χ4v) is 3.45. The molecular weight excluding hydrogens is 408 g/mol. The fourth-order valence-electron chi connectivity index (χ4n) is 2.26. The maximum absolute atomic E-state index is 10.6. The molecule has 0 aliphatic carbocycles. The Balaban J connectivity index is 2.07. The summed E-state index contributed by atoms with van der Waals surface area (Å²) in [5.74, 6) is 1.67. The van der Waals surface area contributed by atoms with Crippen molar-refractivity contribution in [3.8, 4) is 11.5 Å². The van der Waals surface area contributed by atoms with Gasteiger partial charge in [-0.25, -0.2) is 0 Å². The van der Waals surface area contributed by atoms with E-state index in [1.165, 1.54) is 0 Å². The minimum absolute atomic E-state index is 0.157. The topological polar surface area (TPSA) is 38.7 Å². The number of rotatable bonds is 7. The third kappa shape index (κ3) is 5.35. The summed E-state index contributed by atoms with van der Waals surface area (Å²) in [4.78, 5) is 0. The van der Waals surface area contributed by atoms with E-state index in [2.05, 4.69) is 49.8 Å². The van der Waals surface area contributed by atoms with E-state index in [0.29, 0.717) is 6.61 Å². The van der Waals surface area contributed by atoms with Gasteiger partial charge in [-0.3, -0.25) is 0 Å². The molecule has 2 rings (SSSR count). The Kier molecular flexibility index (Phi) is 6.94. The Morgan fingerprint density at radius 3 is 1.81 bits per heavy atom. The van der Waals surface area contributed by atoms with Crippen LogP contribution in [0, 0.1) is 0 Å². The number of ether oxygens (including phenoxy) is 1. The van der Waals surface area contributed by atoms with Gasteiger partial charge in [0.25, 0.3) is 0 Å². The highest BCUT2D eigenvalue weighted by molar-refractivity contribution is 9.09. The van der Waals surface area contributed by atoms with E-state index in [-0.39, 0.29) is 5.04 Å². The second-order valence-electron chi connectivity index (χ2n) is 7.94. The molecule has 2 aromatic carbocycles.